The van der Waals surface area contributed by atoms with Gasteiger partial charge in [-0.2, -0.15) is 0 Å². The second-order valence-electron chi connectivity index (χ2n) is 8.47. The van der Waals surface area contributed by atoms with Gasteiger partial charge in [0, 0.05) is 6.42 Å². The number of aliphatic carboxylic acids is 1. The van der Waals surface area contributed by atoms with Crippen LogP contribution in [0.1, 0.15) is 46.1 Å². The molecule has 0 spiro atoms. The van der Waals surface area contributed by atoms with Gasteiger partial charge in [-0.3, -0.25) is 14.4 Å². The van der Waals surface area contributed by atoms with Crippen LogP contribution in [0.3, 0.4) is 0 Å². The van der Waals surface area contributed by atoms with E-state index in [0.717, 1.165) is 5.56 Å². The van der Waals surface area contributed by atoms with Crippen molar-refractivity contribution in [3.63, 3.8) is 0 Å². The van der Waals surface area contributed by atoms with E-state index in [1.165, 1.54) is 0 Å². The van der Waals surface area contributed by atoms with Gasteiger partial charge in [-0.1, -0.05) is 64.4 Å². The zero-order valence-corrected chi connectivity index (χ0v) is 19.3. The van der Waals surface area contributed by atoms with Crippen LogP contribution in [0.25, 0.3) is 0 Å². The minimum atomic E-state index is -1.14. The summed E-state index contributed by atoms with van der Waals surface area (Å²) in [5, 5.41) is 17.1. The number of rotatable bonds is 13. The smallest absolute Gasteiger partial charge is 0.326 e. The topological polar surface area (TPSA) is 151 Å². The number of benzene rings is 1. The Bertz CT molecular complexity index is 769. The highest BCUT2D eigenvalue weighted by Gasteiger charge is 2.29. The van der Waals surface area contributed by atoms with Crippen molar-refractivity contribution in [2.75, 3.05) is 6.54 Å². The standard InChI is InChI=1S/C23H36N4O5/c1-5-15(4)20(23(31)32)27-22(30)18(12-16-9-7-6-8-10-16)26-19(28)13-25-21(29)17(24)11-14(2)3/h6-10,14-15,17-18,20H,5,11-13,24H2,1-4H3,(H,25,29)(H,26,28)(H,27,30)(H,31,32). The molecule has 1 aromatic rings. The molecule has 0 radical (unpaired) electrons. The number of hydrogen-bond donors (Lipinski definition) is 5. The Kier molecular flexibility index (Phi) is 11.4. The summed E-state index contributed by atoms with van der Waals surface area (Å²) in [5.41, 5.74) is 6.61. The normalized spacial score (nSPS) is 14.7. The lowest BCUT2D eigenvalue weighted by Crippen LogP contribution is -2.55. The monoisotopic (exact) mass is 448 g/mol. The maximum Gasteiger partial charge on any atom is 0.326 e. The van der Waals surface area contributed by atoms with Crippen molar-refractivity contribution in [2.45, 2.75) is 65.1 Å². The first-order valence-corrected chi connectivity index (χ1v) is 10.9. The first kappa shape index (κ1) is 27.1. The average molecular weight is 449 g/mol. The molecule has 4 unspecified atom stereocenters. The van der Waals surface area contributed by atoms with E-state index in [4.69, 9.17) is 5.73 Å². The summed E-state index contributed by atoms with van der Waals surface area (Å²) in [6.45, 7) is 7.12. The van der Waals surface area contributed by atoms with Crippen LogP contribution < -0.4 is 21.7 Å². The summed E-state index contributed by atoms with van der Waals surface area (Å²) in [6, 6.07) is 6.26. The van der Waals surface area contributed by atoms with Crippen LogP contribution >= 0.6 is 0 Å². The maximum absolute atomic E-state index is 12.9. The average Bonchev–Trinajstić information content (AvgIpc) is 2.74. The van der Waals surface area contributed by atoms with E-state index in [1.54, 1.807) is 6.92 Å². The van der Waals surface area contributed by atoms with Crippen LogP contribution in [-0.2, 0) is 25.6 Å². The van der Waals surface area contributed by atoms with Gasteiger partial charge in [0.25, 0.3) is 0 Å². The molecule has 0 aromatic heterocycles. The van der Waals surface area contributed by atoms with Gasteiger partial charge >= 0.3 is 5.97 Å². The first-order chi connectivity index (χ1) is 15.0. The Hall–Kier alpha value is -2.94. The minimum absolute atomic E-state index is 0.173. The van der Waals surface area contributed by atoms with Crippen LogP contribution in [0.2, 0.25) is 0 Å². The number of amides is 3. The molecule has 0 saturated heterocycles. The summed E-state index contributed by atoms with van der Waals surface area (Å²) in [7, 11) is 0. The van der Waals surface area contributed by atoms with Crippen molar-refractivity contribution in [3.05, 3.63) is 35.9 Å². The lowest BCUT2D eigenvalue weighted by atomic mass is 9.98. The molecule has 0 aliphatic heterocycles. The molecule has 9 heteroatoms. The third-order valence-electron chi connectivity index (χ3n) is 5.20. The summed E-state index contributed by atoms with van der Waals surface area (Å²) in [4.78, 5) is 49.0. The fourth-order valence-corrected chi connectivity index (χ4v) is 3.15. The molecule has 0 fully saturated rings. The molecule has 0 heterocycles. The predicted molar refractivity (Wildman–Crippen MR) is 122 cm³/mol. The highest BCUT2D eigenvalue weighted by atomic mass is 16.4. The Morgan fingerprint density at radius 3 is 2.16 bits per heavy atom. The SMILES string of the molecule is CCC(C)C(NC(=O)C(Cc1ccccc1)NC(=O)CNC(=O)C(N)CC(C)C)C(=O)O. The Balaban J connectivity index is 2.85. The fourth-order valence-electron chi connectivity index (χ4n) is 3.15. The van der Waals surface area contributed by atoms with Gasteiger partial charge in [-0.25, -0.2) is 4.79 Å². The molecular formula is C23H36N4O5. The zero-order chi connectivity index (χ0) is 24.3. The van der Waals surface area contributed by atoms with Crippen LogP contribution in [-0.4, -0.2) is 53.5 Å². The molecule has 0 bridgehead atoms. The minimum Gasteiger partial charge on any atom is -0.480 e. The largest absolute Gasteiger partial charge is 0.480 e. The van der Waals surface area contributed by atoms with Crippen molar-refractivity contribution >= 4 is 23.7 Å². The number of nitrogens with two attached hydrogens (primary N) is 1. The molecule has 0 aliphatic rings. The van der Waals surface area contributed by atoms with E-state index in [0.29, 0.717) is 12.8 Å². The van der Waals surface area contributed by atoms with Crippen molar-refractivity contribution in [1.82, 2.24) is 16.0 Å². The quantitative estimate of drug-likeness (QED) is 0.301. The molecular weight excluding hydrogens is 412 g/mol. The van der Waals surface area contributed by atoms with Crippen LogP contribution in [0.5, 0.6) is 0 Å². The highest BCUT2D eigenvalue weighted by molar-refractivity contribution is 5.92. The van der Waals surface area contributed by atoms with Crippen molar-refractivity contribution < 1.29 is 24.3 Å². The first-order valence-electron chi connectivity index (χ1n) is 10.9. The molecule has 4 atom stereocenters. The lowest BCUT2D eigenvalue weighted by molar-refractivity contribution is -0.143. The summed E-state index contributed by atoms with van der Waals surface area (Å²) >= 11 is 0. The van der Waals surface area contributed by atoms with E-state index in [2.05, 4.69) is 16.0 Å². The van der Waals surface area contributed by atoms with Gasteiger partial charge in [0.1, 0.15) is 12.1 Å². The van der Waals surface area contributed by atoms with Crippen LogP contribution in [0.15, 0.2) is 30.3 Å². The van der Waals surface area contributed by atoms with Gasteiger partial charge in [-0.05, 0) is 23.8 Å². The molecule has 0 aliphatic carbocycles. The molecule has 9 nitrogen and oxygen atoms in total. The molecule has 1 aromatic carbocycles. The Labute approximate surface area is 189 Å². The number of carboxylic acids is 1. The third kappa shape index (κ3) is 9.47. The van der Waals surface area contributed by atoms with Crippen molar-refractivity contribution in [3.8, 4) is 0 Å². The molecule has 178 valence electrons. The molecule has 6 N–H and O–H groups in total. The zero-order valence-electron chi connectivity index (χ0n) is 19.3. The number of hydrogen-bond acceptors (Lipinski definition) is 5. The number of carboxylic acid groups (broad SMARTS) is 1. The van der Waals surface area contributed by atoms with Crippen molar-refractivity contribution in [2.24, 2.45) is 17.6 Å². The van der Waals surface area contributed by atoms with E-state index >= 15 is 0 Å². The van der Waals surface area contributed by atoms with Gasteiger partial charge in [0.2, 0.25) is 17.7 Å². The predicted octanol–water partition coefficient (Wildman–Crippen LogP) is 0.819. The van der Waals surface area contributed by atoms with Gasteiger partial charge in [0.15, 0.2) is 0 Å². The fraction of sp³-hybridized carbons (Fsp3) is 0.565. The summed E-state index contributed by atoms with van der Waals surface area (Å²) in [6.07, 6.45) is 1.22. The number of nitrogens with one attached hydrogen (secondary N) is 3. The molecule has 3 amide bonds. The van der Waals surface area contributed by atoms with Gasteiger partial charge in [-0.15, -0.1) is 0 Å². The lowest BCUT2D eigenvalue weighted by Gasteiger charge is -2.24. The van der Waals surface area contributed by atoms with E-state index in [1.807, 2.05) is 51.1 Å². The van der Waals surface area contributed by atoms with Gasteiger partial charge in [0.05, 0.1) is 12.6 Å². The molecule has 1 rings (SSSR count). The Morgan fingerprint density at radius 1 is 1.00 bits per heavy atom. The van der Waals surface area contributed by atoms with E-state index < -0.39 is 41.8 Å². The van der Waals surface area contributed by atoms with Crippen LogP contribution in [0.4, 0.5) is 0 Å². The van der Waals surface area contributed by atoms with E-state index in [9.17, 15) is 24.3 Å². The molecule has 0 saturated carbocycles. The molecule has 32 heavy (non-hydrogen) atoms. The summed E-state index contributed by atoms with van der Waals surface area (Å²) in [5.74, 6) is -2.80. The van der Waals surface area contributed by atoms with Gasteiger partial charge < -0.3 is 26.8 Å². The maximum atomic E-state index is 12.9. The second-order valence-corrected chi connectivity index (χ2v) is 8.47. The van der Waals surface area contributed by atoms with E-state index in [-0.39, 0.29) is 24.8 Å². The highest BCUT2D eigenvalue weighted by Crippen LogP contribution is 2.10. The van der Waals surface area contributed by atoms with Crippen molar-refractivity contribution in [1.29, 1.82) is 0 Å². The third-order valence-corrected chi connectivity index (χ3v) is 5.20. The number of carbonyl (C=O) groups excluding carboxylic acids is 3. The van der Waals surface area contributed by atoms with Crippen LogP contribution in [0, 0.1) is 11.8 Å². The summed E-state index contributed by atoms with van der Waals surface area (Å²) < 4.78 is 0. The second kappa shape index (κ2) is 13.5. The number of carbonyl (C=O) groups is 4. The Morgan fingerprint density at radius 2 is 1.62 bits per heavy atom.